The zero-order valence-corrected chi connectivity index (χ0v) is 18.0. The fraction of sp³-hybridized carbons (Fsp3) is 0.944. The van der Waals surface area contributed by atoms with Crippen LogP contribution >= 0.6 is 24.0 Å². The van der Waals surface area contributed by atoms with Crippen molar-refractivity contribution in [2.45, 2.75) is 66.2 Å². The molecule has 138 valence electrons. The third-order valence-corrected chi connectivity index (χ3v) is 4.43. The Bertz CT molecular complexity index is 321. The molecule has 0 radical (unpaired) electrons. The van der Waals surface area contributed by atoms with E-state index in [1.54, 1.807) is 0 Å². The molecule has 0 spiro atoms. The Labute approximate surface area is 160 Å². The molecule has 5 heteroatoms. The van der Waals surface area contributed by atoms with Crippen LogP contribution in [-0.4, -0.2) is 50.3 Å². The van der Waals surface area contributed by atoms with E-state index in [9.17, 15) is 0 Å². The van der Waals surface area contributed by atoms with Crippen LogP contribution in [0.1, 0.15) is 66.2 Å². The smallest absolute Gasteiger partial charge is 0.193 e. The van der Waals surface area contributed by atoms with Crippen molar-refractivity contribution in [3.05, 3.63) is 0 Å². The van der Waals surface area contributed by atoms with Crippen LogP contribution < -0.4 is 5.32 Å². The summed E-state index contributed by atoms with van der Waals surface area (Å²) >= 11 is 0. The lowest BCUT2D eigenvalue weighted by atomic mass is 9.78. The van der Waals surface area contributed by atoms with Crippen molar-refractivity contribution in [1.29, 1.82) is 0 Å². The van der Waals surface area contributed by atoms with Gasteiger partial charge in [0.2, 0.25) is 0 Å². The first-order chi connectivity index (χ1) is 10.6. The molecule has 1 atom stereocenters. The van der Waals surface area contributed by atoms with E-state index in [1.165, 1.54) is 25.7 Å². The van der Waals surface area contributed by atoms with Crippen LogP contribution in [0.2, 0.25) is 0 Å². The van der Waals surface area contributed by atoms with Crippen LogP contribution in [0.25, 0.3) is 0 Å². The Kier molecular flexibility index (Phi) is 13.3. The molecule has 0 aromatic heterocycles. The topological polar surface area (TPSA) is 36.9 Å². The highest BCUT2D eigenvalue weighted by atomic mass is 127. The molecule has 1 heterocycles. The number of likely N-dealkylation sites (tertiary alicyclic amines) is 1. The fourth-order valence-corrected chi connectivity index (χ4v) is 3.38. The van der Waals surface area contributed by atoms with Gasteiger partial charge in [-0.1, -0.05) is 20.3 Å². The minimum atomic E-state index is 0. The maximum atomic E-state index is 5.38. The Hall–Kier alpha value is -0.0400. The van der Waals surface area contributed by atoms with Crippen LogP contribution in [0.3, 0.4) is 0 Å². The number of ether oxygens (including phenoxy) is 1. The summed E-state index contributed by atoms with van der Waals surface area (Å²) in [5.74, 6) is 1.11. The number of halogens is 1. The van der Waals surface area contributed by atoms with E-state index in [2.05, 4.69) is 31.0 Å². The summed E-state index contributed by atoms with van der Waals surface area (Å²) in [6.45, 7) is 14.7. The van der Waals surface area contributed by atoms with E-state index in [0.717, 1.165) is 58.2 Å². The highest BCUT2D eigenvalue weighted by Crippen LogP contribution is 2.33. The number of piperidine rings is 1. The normalized spacial score (nSPS) is 21.9. The molecular weight excluding hydrogens is 401 g/mol. The van der Waals surface area contributed by atoms with E-state index in [-0.39, 0.29) is 24.0 Å². The van der Waals surface area contributed by atoms with Crippen LogP contribution in [0.4, 0.5) is 0 Å². The van der Waals surface area contributed by atoms with Gasteiger partial charge in [0, 0.05) is 39.4 Å². The molecule has 1 N–H and O–H groups in total. The SMILES string of the molecule is CCCC1(C)CCCN(C(=NCCCCOCC)NCC)C1.I. The zero-order chi connectivity index (χ0) is 16.3. The van der Waals surface area contributed by atoms with Crippen LogP contribution in [0, 0.1) is 5.41 Å². The van der Waals surface area contributed by atoms with E-state index in [1.807, 2.05) is 6.92 Å². The summed E-state index contributed by atoms with van der Waals surface area (Å²) in [5, 5.41) is 3.48. The number of nitrogens with zero attached hydrogens (tertiary/aromatic N) is 2. The second-order valence-electron chi connectivity index (χ2n) is 6.73. The average molecular weight is 439 g/mol. The number of rotatable bonds is 9. The second-order valence-corrected chi connectivity index (χ2v) is 6.73. The number of guanidine groups is 1. The van der Waals surface area contributed by atoms with Crippen molar-refractivity contribution in [2.75, 3.05) is 39.4 Å². The van der Waals surface area contributed by atoms with Crippen molar-refractivity contribution >= 4 is 29.9 Å². The van der Waals surface area contributed by atoms with Crippen molar-refractivity contribution in [1.82, 2.24) is 10.2 Å². The first-order valence-corrected chi connectivity index (χ1v) is 9.26. The lowest BCUT2D eigenvalue weighted by molar-refractivity contribution is 0.141. The number of hydrogen-bond donors (Lipinski definition) is 1. The number of unbranched alkanes of at least 4 members (excludes halogenated alkanes) is 1. The quantitative estimate of drug-likeness (QED) is 0.252. The molecule has 0 bridgehead atoms. The van der Waals surface area contributed by atoms with Gasteiger partial charge in [0.15, 0.2) is 5.96 Å². The third kappa shape index (κ3) is 9.13. The van der Waals surface area contributed by atoms with Crippen molar-refractivity contribution in [2.24, 2.45) is 10.4 Å². The molecule has 1 aliphatic rings. The molecule has 0 aromatic rings. The third-order valence-electron chi connectivity index (χ3n) is 4.43. The average Bonchev–Trinajstić information content (AvgIpc) is 2.49. The molecule has 0 amide bonds. The predicted octanol–water partition coefficient (Wildman–Crippen LogP) is 4.29. The van der Waals surface area contributed by atoms with Gasteiger partial charge in [0.1, 0.15) is 0 Å². The van der Waals surface area contributed by atoms with Crippen molar-refractivity contribution in [3.63, 3.8) is 0 Å². The number of aliphatic imine (C=N–C) groups is 1. The highest BCUT2D eigenvalue weighted by Gasteiger charge is 2.31. The lowest BCUT2D eigenvalue weighted by Crippen LogP contribution is -2.49. The van der Waals surface area contributed by atoms with Gasteiger partial charge in [-0.2, -0.15) is 0 Å². The van der Waals surface area contributed by atoms with Gasteiger partial charge >= 0.3 is 0 Å². The Morgan fingerprint density at radius 3 is 2.70 bits per heavy atom. The summed E-state index contributed by atoms with van der Waals surface area (Å²) in [5.41, 5.74) is 0.457. The van der Waals surface area contributed by atoms with E-state index in [0.29, 0.717) is 5.41 Å². The van der Waals surface area contributed by atoms with Gasteiger partial charge in [0.25, 0.3) is 0 Å². The van der Waals surface area contributed by atoms with Gasteiger partial charge in [0.05, 0.1) is 0 Å². The van der Waals surface area contributed by atoms with Crippen LogP contribution in [0.15, 0.2) is 4.99 Å². The fourth-order valence-electron chi connectivity index (χ4n) is 3.38. The molecule has 4 nitrogen and oxygen atoms in total. The molecule has 23 heavy (non-hydrogen) atoms. The Morgan fingerprint density at radius 1 is 1.26 bits per heavy atom. The molecule has 0 aliphatic carbocycles. The largest absolute Gasteiger partial charge is 0.382 e. The summed E-state index contributed by atoms with van der Waals surface area (Å²) in [7, 11) is 0. The maximum absolute atomic E-state index is 5.38. The van der Waals surface area contributed by atoms with Gasteiger partial charge in [-0.25, -0.2) is 0 Å². The molecule has 1 unspecified atom stereocenters. The highest BCUT2D eigenvalue weighted by molar-refractivity contribution is 14.0. The monoisotopic (exact) mass is 439 g/mol. The standard InChI is InChI=1S/C18H37N3O.HI/c1-5-11-18(4)12-10-14-21(16-18)17(19-6-2)20-13-8-9-15-22-7-3;/h5-16H2,1-4H3,(H,19,20);1H. The minimum absolute atomic E-state index is 0. The molecule has 1 saturated heterocycles. The van der Waals surface area contributed by atoms with Gasteiger partial charge < -0.3 is 15.0 Å². The van der Waals surface area contributed by atoms with Gasteiger partial charge in [-0.15, -0.1) is 24.0 Å². The molecule has 0 saturated carbocycles. The Balaban J connectivity index is 0.00000484. The van der Waals surface area contributed by atoms with Crippen molar-refractivity contribution in [3.8, 4) is 0 Å². The van der Waals surface area contributed by atoms with E-state index in [4.69, 9.17) is 9.73 Å². The minimum Gasteiger partial charge on any atom is -0.382 e. The first-order valence-electron chi connectivity index (χ1n) is 9.26. The number of nitrogens with one attached hydrogen (secondary N) is 1. The van der Waals surface area contributed by atoms with Crippen LogP contribution in [-0.2, 0) is 4.74 Å². The molecule has 0 aromatic carbocycles. The molecule has 1 rings (SSSR count). The molecule has 1 aliphatic heterocycles. The number of hydrogen-bond acceptors (Lipinski definition) is 2. The van der Waals surface area contributed by atoms with Gasteiger partial charge in [-0.3, -0.25) is 4.99 Å². The Morgan fingerprint density at radius 2 is 2.04 bits per heavy atom. The molecular formula is C18H38IN3O. The lowest BCUT2D eigenvalue weighted by Gasteiger charge is -2.42. The summed E-state index contributed by atoms with van der Waals surface area (Å²) in [4.78, 5) is 7.31. The first kappa shape index (κ1) is 23.0. The summed E-state index contributed by atoms with van der Waals surface area (Å²) < 4.78 is 5.38. The molecule has 1 fully saturated rings. The van der Waals surface area contributed by atoms with E-state index < -0.39 is 0 Å². The maximum Gasteiger partial charge on any atom is 0.193 e. The van der Waals surface area contributed by atoms with Crippen LogP contribution in [0.5, 0.6) is 0 Å². The summed E-state index contributed by atoms with van der Waals surface area (Å²) in [6, 6.07) is 0. The predicted molar refractivity (Wildman–Crippen MR) is 111 cm³/mol. The van der Waals surface area contributed by atoms with Crippen molar-refractivity contribution < 1.29 is 4.74 Å². The summed E-state index contributed by atoms with van der Waals surface area (Å²) in [6.07, 6.45) is 7.43. The second kappa shape index (κ2) is 13.3. The zero-order valence-electron chi connectivity index (χ0n) is 15.7. The van der Waals surface area contributed by atoms with E-state index >= 15 is 0 Å². The van der Waals surface area contributed by atoms with Gasteiger partial charge in [-0.05, 0) is 51.4 Å².